The van der Waals surface area contributed by atoms with E-state index in [2.05, 4.69) is 5.32 Å². The number of nitrogens with zero attached hydrogens (tertiary/aromatic N) is 1. The molecular formula is C15H20Cl2N2O2. The molecule has 2 atom stereocenters. The third kappa shape index (κ3) is 4.25. The van der Waals surface area contributed by atoms with Crippen molar-refractivity contribution in [1.29, 1.82) is 0 Å². The average Bonchev–Trinajstić information content (AvgIpc) is 2.91. The number of rotatable bonds is 5. The fraction of sp³-hybridized carbons (Fsp3) is 0.533. The lowest BCUT2D eigenvalue weighted by Crippen LogP contribution is -2.38. The van der Waals surface area contributed by atoms with Gasteiger partial charge in [-0.15, -0.1) is 0 Å². The fourth-order valence-corrected chi connectivity index (χ4v) is 2.76. The lowest BCUT2D eigenvalue weighted by atomic mass is 10.1. The molecule has 0 saturated carbocycles. The van der Waals surface area contributed by atoms with Gasteiger partial charge >= 0.3 is 0 Å². The lowest BCUT2D eigenvalue weighted by molar-refractivity contribution is -0.134. The number of carbonyl (C=O) groups is 1. The molecule has 2 rings (SSSR count). The van der Waals surface area contributed by atoms with Crippen LogP contribution in [0.15, 0.2) is 18.2 Å². The summed E-state index contributed by atoms with van der Waals surface area (Å²) in [4.78, 5) is 14.1. The molecule has 1 aromatic rings. The second-order valence-corrected chi connectivity index (χ2v) is 6.16. The number of benzene rings is 1. The predicted molar refractivity (Wildman–Crippen MR) is 85.2 cm³/mol. The zero-order chi connectivity index (χ0) is 15.4. The van der Waals surface area contributed by atoms with Crippen molar-refractivity contribution in [3.05, 3.63) is 28.2 Å². The molecule has 1 amide bonds. The Kier molecular flexibility index (Phi) is 5.73. The van der Waals surface area contributed by atoms with Crippen molar-refractivity contribution in [2.24, 2.45) is 5.92 Å². The Morgan fingerprint density at radius 3 is 2.90 bits per heavy atom. The second kappa shape index (κ2) is 7.34. The summed E-state index contributed by atoms with van der Waals surface area (Å²) in [7, 11) is 1.85. The standard InChI is InChI=1S/C15H20Cl2N2O2/c1-10(8-18-2)15(20)19-6-5-12(9-19)21-11-3-4-13(16)14(17)7-11/h3-4,7,10,12,18H,5-6,8-9H2,1-2H3. The van der Waals surface area contributed by atoms with Crippen LogP contribution in [0.4, 0.5) is 0 Å². The summed E-state index contributed by atoms with van der Waals surface area (Å²) in [6, 6.07) is 5.21. The second-order valence-electron chi connectivity index (χ2n) is 5.35. The van der Waals surface area contributed by atoms with Crippen molar-refractivity contribution in [3.8, 4) is 5.75 Å². The monoisotopic (exact) mass is 330 g/mol. The number of ether oxygens (including phenoxy) is 1. The highest BCUT2D eigenvalue weighted by Crippen LogP contribution is 2.28. The van der Waals surface area contributed by atoms with E-state index < -0.39 is 0 Å². The molecule has 21 heavy (non-hydrogen) atoms. The maximum Gasteiger partial charge on any atom is 0.226 e. The summed E-state index contributed by atoms with van der Waals surface area (Å²) in [6.07, 6.45) is 0.839. The Bertz CT molecular complexity index is 510. The Labute approximate surface area is 135 Å². The molecule has 1 fully saturated rings. The zero-order valence-corrected chi connectivity index (χ0v) is 13.7. The van der Waals surface area contributed by atoms with Crippen molar-refractivity contribution < 1.29 is 9.53 Å². The molecule has 2 unspecified atom stereocenters. The molecule has 1 aliphatic rings. The normalized spacial score (nSPS) is 19.6. The van der Waals surface area contributed by atoms with Gasteiger partial charge in [-0.3, -0.25) is 4.79 Å². The van der Waals surface area contributed by atoms with E-state index in [4.69, 9.17) is 27.9 Å². The molecule has 0 aliphatic carbocycles. The molecule has 0 bridgehead atoms. The minimum Gasteiger partial charge on any atom is -0.488 e. The molecule has 1 saturated heterocycles. The molecule has 0 radical (unpaired) electrons. The Morgan fingerprint density at radius 1 is 1.48 bits per heavy atom. The van der Waals surface area contributed by atoms with E-state index in [1.807, 2.05) is 18.9 Å². The van der Waals surface area contributed by atoms with Gasteiger partial charge in [0, 0.05) is 31.5 Å². The number of hydrogen-bond donors (Lipinski definition) is 1. The van der Waals surface area contributed by atoms with Crippen LogP contribution in [0.1, 0.15) is 13.3 Å². The number of hydrogen-bond acceptors (Lipinski definition) is 3. The molecular weight excluding hydrogens is 311 g/mol. The van der Waals surface area contributed by atoms with E-state index in [9.17, 15) is 4.79 Å². The number of halogens is 2. The van der Waals surface area contributed by atoms with E-state index in [0.717, 1.165) is 13.0 Å². The molecule has 6 heteroatoms. The van der Waals surface area contributed by atoms with Gasteiger partial charge in [0.2, 0.25) is 5.91 Å². The third-order valence-electron chi connectivity index (χ3n) is 3.58. The minimum atomic E-state index is -0.0151. The van der Waals surface area contributed by atoms with Gasteiger partial charge in [-0.05, 0) is 19.2 Å². The van der Waals surface area contributed by atoms with Crippen molar-refractivity contribution in [2.45, 2.75) is 19.4 Å². The summed E-state index contributed by atoms with van der Waals surface area (Å²) in [5.41, 5.74) is 0. The maximum absolute atomic E-state index is 12.2. The first kappa shape index (κ1) is 16.4. The van der Waals surface area contributed by atoms with Crippen LogP contribution < -0.4 is 10.1 Å². The maximum atomic E-state index is 12.2. The van der Waals surface area contributed by atoms with Crippen molar-refractivity contribution in [1.82, 2.24) is 10.2 Å². The molecule has 1 heterocycles. The molecule has 0 spiro atoms. The van der Waals surface area contributed by atoms with Crippen LogP contribution in [0, 0.1) is 5.92 Å². The van der Waals surface area contributed by atoms with E-state index in [0.29, 0.717) is 28.9 Å². The smallest absolute Gasteiger partial charge is 0.226 e. The molecule has 1 N–H and O–H groups in total. The zero-order valence-electron chi connectivity index (χ0n) is 12.2. The summed E-state index contributed by atoms with van der Waals surface area (Å²) >= 11 is 11.9. The Morgan fingerprint density at radius 2 is 2.24 bits per heavy atom. The van der Waals surface area contributed by atoms with Crippen LogP contribution in [0.25, 0.3) is 0 Å². The molecule has 4 nitrogen and oxygen atoms in total. The molecule has 116 valence electrons. The number of likely N-dealkylation sites (tertiary alicyclic amines) is 1. The van der Waals surface area contributed by atoms with Gasteiger partial charge in [-0.1, -0.05) is 30.1 Å². The van der Waals surface area contributed by atoms with Crippen LogP contribution in [0.3, 0.4) is 0 Å². The van der Waals surface area contributed by atoms with Crippen LogP contribution >= 0.6 is 23.2 Å². The lowest BCUT2D eigenvalue weighted by Gasteiger charge is -2.21. The van der Waals surface area contributed by atoms with Gasteiger partial charge in [-0.2, -0.15) is 0 Å². The first-order valence-corrected chi connectivity index (χ1v) is 7.82. The molecule has 1 aliphatic heterocycles. The highest BCUT2D eigenvalue weighted by atomic mass is 35.5. The molecule has 0 aromatic heterocycles. The summed E-state index contributed by atoms with van der Waals surface area (Å²) in [6.45, 7) is 3.98. The van der Waals surface area contributed by atoms with Crippen molar-refractivity contribution in [3.63, 3.8) is 0 Å². The third-order valence-corrected chi connectivity index (χ3v) is 4.32. The van der Waals surface area contributed by atoms with Gasteiger partial charge in [0.25, 0.3) is 0 Å². The highest BCUT2D eigenvalue weighted by molar-refractivity contribution is 6.42. The number of carbonyl (C=O) groups excluding carboxylic acids is 1. The Balaban J connectivity index is 1.90. The topological polar surface area (TPSA) is 41.6 Å². The SMILES string of the molecule is CNCC(C)C(=O)N1CCC(Oc2ccc(Cl)c(Cl)c2)C1. The van der Waals surface area contributed by atoms with E-state index >= 15 is 0 Å². The minimum absolute atomic E-state index is 0.00739. The number of nitrogens with one attached hydrogen (secondary N) is 1. The van der Waals surface area contributed by atoms with Crippen LogP contribution in [0.2, 0.25) is 10.0 Å². The Hall–Kier alpha value is -0.970. The molecule has 1 aromatic carbocycles. The van der Waals surface area contributed by atoms with Crippen molar-refractivity contribution in [2.75, 3.05) is 26.7 Å². The van der Waals surface area contributed by atoms with Crippen LogP contribution in [0.5, 0.6) is 5.75 Å². The van der Waals surface area contributed by atoms with Crippen LogP contribution in [-0.2, 0) is 4.79 Å². The van der Waals surface area contributed by atoms with E-state index in [1.165, 1.54) is 0 Å². The van der Waals surface area contributed by atoms with Gasteiger partial charge in [0.15, 0.2) is 0 Å². The number of amides is 1. The largest absolute Gasteiger partial charge is 0.488 e. The first-order valence-electron chi connectivity index (χ1n) is 7.06. The van der Waals surface area contributed by atoms with Gasteiger partial charge in [0.1, 0.15) is 11.9 Å². The fourth-order valence-electron chi connectivity index (χ4n) is 2.47. The summed E-state index contributed by atoms with van der Waals surface area (Å²) in [5, 5.41) is 4.01. The van der Waals surface area contributed by atoms with Crippen LogP contribution in [-0.4, -0.2) is 43.6 Å². The van der Waals surface area contributed by atoms with Gasteiger partial charge in [0.05, 0.1) is 16.6 Å². The van der Waals surface area contributed by atoms with Gasteiger partial charge in [-0.25, -0.2) is 0 Å². The predicted octanol–water partition coefficient (Wildman–Crippen LogP) is 2.83. The van der Waals surface area contributed by atoms with Crippen molar-refractivity contribution >= 4 is 29.1 Å². The quantitative estimate of drug-likeness (QED) is 0.902. The summed E-state index contributed by atoms with van der Waals surface area (Å²) < 4.78 is 5.88. The summed E-state index contributed by atoms with van der Waals surface area (Å²) in [5.74, 6) is 0.843. The van der Waals surface area contributed by atoms with Gasteiger partial charge < -0.3 is 15.0 Å². The average molecular weight is 331 g/mol. The highest BCUT2D eigenvalue weighted by Gasteiger charge is 2.29. The van der Waals surface area contributed by atoms with E-state index in [1.54, 1.807) is 18.2 Å². The van der Waals surface area contributed by atoms with E-state index in [-0.39, 0.29) is 17.9 Å². The first-order chi connectivity index (χ1) is 10.0.